The van der Waals surface area contributed by atoms with Gasteiger partial charge in [0.25, 0.3) is 0 Å². The molecule has 0 saturated carbocycles. The molecule has 0 radical (unpaired) electrons. The van der Waals surface area contributed by atoms with E-state index in [9.17, 15) is 5.11 Å². The SMILES string of the molecule is OCC[C@@H](Nc1ccc2ccccc2n1)c1ccccc1. The highest BCUT2D eigenvalue weighted by atomic mass is 16.3. The Kier molecular flexibility index (Phi) is 4.12. The maximum Gasteiger partial charge on any atom is 0.127 e. The number of nitrogens with zero attached hydrogens (tertiary/aromatic N) is 1. The van der Waals surface area contributed by atoms with Gasteiger partial charge in [0.15, 0.2) is 0 Å². The maximum absolute atomic E-state index is 9.29. The number of fused-ring (bicyclic) bond motifs is 1. The smallest absolute Gasteiger partial charge is 0.127 e. The van der Waals surface area contributed by atoms with Gasteiger partial charge in [-0.1, -0.05) is 48.5 Å². The van der Waals surface area contributed by atoms with Crippen LogP contribution < -0.4 is 5.32 Å². The number of aliphatic hydroxyl groups is 1. The number of rotatable bonds is 5. The van der Waals surface area contributed by atoms with E-state index in [1.54, 1.807) is 0 Å². The molecule has 0 amide bonds. The number of aromatic nitrogens is 1. The average molecular weight is 278 g/mol. The number of nitrogens with one attached hydrogen (secondary N) is 1. The summed E-state index contributed by atoms with van der Waals surface area (Å²) in [7, 11) is 0. The molecule has 1 aromatic heterocycles. The van der Waals surface area contributed by atoms with Gasteiger partial charge in [0, 0.05) is 12.0 Å². The molecular weight excluding hydrogens is 260 g/mol. The minimum atomic E-state index is 0.0601. The Morgan fingerprint density at radius 3 is 2.48 bits per heavy atom. The lowest BCUT2D eigenvalue weighted by Crippen LogP contribution is -2.13. The Morgan fingerprint density at radius 2 is 1.67 bits per heavy atom. The topological polar surface area (TPSA) is 45.1 Å². The summed E-state index contributed by atoms with van der Waals surface area (Å²) in [6, 6.07) is 22.3. The fraction of sp³-hybridized carbons (Fsp3) is 0.167. The van der Waals surface area contributed by atoms with Crippen LogP contribution in [0.5, 0.6) is 0 Å². The van der Waals surface area contributed by atoms with Crippen LogP contribution in [0.15, 0.2) is 66.7 Å². The van der Waals surface area contributed by atoms with Crippen molar-refractivity contribution in [3.8, 4) is 0 Å². The van der Waals surface area contributed by atoms with Gasteiger partial charge >= 0.3 is 0 Å². The minimum Gasteiger partial charge on any atom is -0.396 e. The van der Waals surface area contributed by atoms with Crippen LogP contribution >= 0.6 is 0 Å². The summed E-state index contributed by atoms with van der Waals surface area (Å²) in [4.78, 5) is 4.63. The van der Waals surface area contributed by atoms with Crippen LogP contribution in [0.4, 0.5) is 5.82 Å². The van der Waals surface area contributed by atoms with Crippen molar-refractivity contribution >= 4 is 16.7 Å². The summed E-state index contributed by atoms with van der Waals surface area (Å²) in [5.41, 5.74) is 2.12. The van der Waals surface area contributed by atoms with E-state index < -0.39 is 0 Å². The van der Waals surface area contributed by atoms with Gasteiger partial charge in [-0.15, -0.1) is 0 Å². The van der Waals surface area contributed by atoms with E-state index in [2.05, 4.69) is 34.6 Å². The Morgan fingerprint density at radius 1 is 0.905 bits per heavy atom. The van der Waals surface area contributed by atoms with Crippen molar-refractivity contribution < 1.29 is 5.11 Å². The maximum atomic E-state index is 9.29. The minimum absolute atomic E-state index is 0.0601. The molecule has 0 fully saturated rings. The van der Waals surface area contributed by atoms with E-state index in [-0.39, 0.29) is 12.6 Å². The third kappa shape index (κ3) is 3.20. The first-order chi connectivity index (χ1) is 10.4. The van der Waals surface area contributed by atoms with Gasteiger partial charge in [-0.05, 0) is 30.2 Å². The van der Waals surface area contributed by atoms with Gasteiger partial charge in [-0.2, -0.15) is 0 Å². The van der Waals surface area contributed by atoms with Crippen LogP contribution in [-0.4, -0.2) is 16.7 Å². The first kappa shape index (κ1) is 13.6. The summed E-state index contributed by atoms with van der Waals surface area (Å²) < 4.78 is 0. The number of pyridine rings is 1. The molecule has 3 heteroatoms. The molecule has 3 nitrogen and oxygen atoms in total. The lowest BCUT2D eigenvalue weighted by atomic mass is 10.0. The molecule has 0 spiro atoms. The van der Waals surface area contributed by atoms with Gasteiger partial charge < -0.3 is 10.4 Å². The molecule has 1 heterocycles. The molecule has 0 unspecified atom stereocenters. The number of hydrogen-bond acceptors (Lipinski definition) is 3. The Balaban J connectivity index is 1.87. The fourth-order valence-electron chi connectivity index (χ4n) is 2.46. The van der Waals surface area contributed by atoms with E-state index in [0.29, 0.717) is 6.42 Å². The van der Waals surface area contributed by atoms with Crippen molar-refractivity contribution in [1.29, 1.82) is 0 Å². The van der Waals surface area contributed by atoms with E-state index >= 15 is 0 Å². The lowest BCUT2D eigenvalue weighted by Gasteiger charge is -2.19. The van der Waals surface area contributed by atoms with E-state index in [4.69, 9.17) is 0 Å². The van der Waals surface area contributed by atoms with Crippen LogP contribution in [0.3, 0.4) is 0 Å². The summed E-state index contributed by atoms with van der Waals surface area (Å²) in [6.07, 6.45) is 0.651. The summed E-state index contributed by atoms with van der Waals surface area (Å²) in [5, 5.41) is 13.8. The highest BCUT2D eigenvalue weighted by Crippen LogP contribution is 2.23. The van der Waals surface area contributed by atoms with E-state index in [1.807, 2.05) is 42.5 Å². The zero-order valence-corrected chi connectivity index (χ0v) is 11.7. The van der Waals surface area contributed by atoms with E-state index in [0.717, 1.165) is 22.3 Å². The number of aliphatic hydroxyl groups excluding tert-OH is 1. The average Bonchev–Trinajstić information content (AvgIpc) is 2.55. The van der Waals surface area contributed by atoms with Gasteiger partial charge in [-0.3, -0.25) is 0 Å². The number of para-hydroxylation sites is 1. The Labute approximate surface area is 124 Å². The molecule has 21 heavy (non-hydrogen) atoms. The number of benzene rings is 2. The second-order valence-corrected chi connectivity index (χ2v) is 5.01. The van der Waals surface area contributed by atoms with Gasteiger partial charge in [0.2, 0.25) is 0 Å². The standard InChI is InChI=1S/C18H18N2O/c21-13-12-17(14-6-2-1-3-7-14)20-18-11-10-15-8-4-5-9-16(15)19-18/h1-11,17,21H,12-13H2,(H,19,20)/t17-/m1/s1. The lowest BCUT2D eigenvalue weighted by molar-refractivity contribution is 0.280. The monoisotopic (exact) mass is 278 g/mol. The molecule has 3 aromatic rings. The molecule has 2 aromatic carbocycles. The summed E-state index contributed by atoms with van der Waals surface area (Å²) >= 11 is 0. The normalized spacial score (nSPS) is 12.2. The van der Waals surface area contributed by atoms with Crippen molar-refractivity contribution in [3.05, 3.63) is 72.3 Å². The predicted octanol–water partition coefficient (Wildman–Crippen LogP) is 3.77. The molecule has 1 atom stereocenters. The Hall–Kier alpha value is -2.39. The first-order valence-electron chi connectivity index (χ1n) is 7.15. The van der Waals surface area contributed by atoms with Gasteiger partial charge in [0.05, 0.1) is 11.6 Å². The van der Waals surface area contributed by atoms with Crippen molar-refractivity contribution in [2.45, 2.75) is 12.5 Å². The molecule has 3 rings (SSSR count). The number of hydrogen-bond donors (Lipinski definition) is 2. The third-order valence-electron chi connectivity index (χ3n) is 3.54. The molecule has 0 saturated heterocycles. The van der Waals surface area contributed by atoms with Crippen molar-refractivity contribution in [2.75, 3.05) is 11.9 Å². The second kappa shape index (κ2) is 6.37. The highest BCUT2D eigenvalue weighted by molar-refractivity contribution is 5.80. The summed E-state index contributed by atoms with van der Waals surface area (Å²) in [6.45, 7) is 0.139. The van der Waals surface area contributed by atoms with Crippen molar-refractivity contribution in [1.82, 2.24) is 4.98 Å². The molecule has 106 valence electrons. The van der Waals surface area contributed by atoms with Gasteiger partial charge in [0.1, 0.15) is 5.82 Å². The Bertz CT molecular complexity index is 712. The highest BCUT2D eigenvalue weighted by Gasteiger charge is 2.11. The van der Waals surface area contributed by atoms with Crippen molar-refractivity contribution in [2.24, 2.45) is 0 Å². The van der Waals surface area contributed by atoms with Crippen LogP contribution in [0.2, 0.25) is 0 Å². The molecule has 0 bridgehead atoms. The summed E-state index contributed by atoms with van der Waals surface area (Å²) in [5.74, 6) is 0.830. The molecule has 0 aliphatic rings. The van der Waals surface area contributed by atoms with Crippen molar-refractivity contribution in [3.63, 3.8) is 0 Å². The molecular formula is C18H18N2O. The van der Waals surface area contributed by atoms with E-state index in [1.165, 1.54) is 0 Å². The molecule has 0 aliphatic carbocycles. The first-order valence-corrected chi connectivity index (χ1v) is 7.15. The molecule has 0 aliphatic heterocycles. The van der Waals surface area contributed by atoms with Crippen LogP contribution in [0.25, 0.3) is 10.9 Å². The van der Waals surface area contributed by atoms with Crippen LogP contribution in [0.1, 0.15) is 18.0 Å². The number of anilines is 1. The third-order valence-corrected chi connectivity index (χ3v) is 3.54. The quantitative estimate of drug-likeness (QED) is 0.746. The fourth-order valence-corrected chi connectivity index (χ4v) is 2.46. The van der Waals surface area contributed by atoms with Gasteiger partial charge in [-0.25, -0.2) is 4.98 Å². The van der Waals surface area contributed by atoms with Crippen LogP contribution in [-0.2, 0) is 0 Å². The predicted molar refractivity (Wildman–Crippen MR) is 86.3 cm³/mol. The zero-order chi connectivity index (χ0) is 14.5. The largest absolute Gasteiger partial charge is 0.396 e. The zero-order valence-electron chi connectivity index (χ0n) is 11.7. The van der Waals surface area contributed by atoms with Crippen LogP contribution in [0, 0.1) is 0 Å². The molecule has 2 N–H and O–H groups in total. The second-order valence-electron chi connectivity index (χ2n) is 5.01.